The maximum absolute atomic E-state index is 4.79. The second kappa shape index (κ2) is 6.79. The van der Waals surface area contributed by atoms with E-state index in [-0.39, 0.29) is 0 Å². The number of fused-ring (bicyclic) bond motifs is 1. The molecule has 2 fully saturated rings. The number of aromatic nitrogens is 6. The fourth-order valence-corrected chi connectivity index (χ4v) is 4.48. The Morgan fingerprint density at radius 3 is 2.65 bits per heavy atom. The van der Waals surface area contributed by atoms with Gasteiger partial charge in [-0.15, -0.1) is 5.10 Å². The molecule has 5 rings (SSSR count). The summed E-state index contributed by atoms with van der Waals surface area (Å²) in [5, 5.41) is 12.5. The zero-order chi connectivity index (χ0) is 17.3. The smallest absolute Gasteiger partial charge is 0.165 e. The van der Waals surface area contributed by atoms with Crippen LogP contribution in [0.2, 0.25) is 0 Å². The zero-order valence-corrected chi connectivity index (χ0v) is 15.0. The third-order valence-electron chi connectivity index (χ3n) is 5.98. The van der Waals surface area contributed by atoms with Crippen LogP contribution in [0.1, 0.15) is 62.1 Å². The number of H-pyrrole nitrogens is 1. The van der Waals surface area contributed by atoms with Gasteiger partial charge in [-0.05, 0) is 61.3 Å². The summed E-state index contributed by atoms with van der Waals surface area (Å²) in [6.07, 6.45) is 7.29. The number of rotatable bonds is 4. The number of nitrogens with zero attached hydrogens (tertiary/aromatic N) is 6. The molecule has 3 aromatic rings. The minimum Gasteiger partial charge on any atom is -0.342 e. The van der Waals surface area contributed by atoms with Gasteiger partial charge in [-0.25, -0.2) is 9.67 Å². The van der Waals surface area contributed by atoms with Crippen molar-refractivity contribution in [2.24, 2.45) is 0 Å². The maximum atomic E-state index is 4.79. The molecule has 3 heterocycles. The van der Waals surface area contributed by atoms with Crippen molar-refractivity contribution in [1.82, 2.24) is 35.1 Å². The van der Waals surface area contributed by atoms with Gasteiger partial charge in [-0.1, -0.05) is 25.0 Å². The largest absolute Gasteiger partial charge is 0.342 e. The molecule has 1 aromatic carbocycles. The minimum atomic E-state index is 0.507. The molecule has 0 spiro atoms. The molecular weight excluding hydrogens is 326 g/mol. The van der Waals surface area contributed by atoms with Crippen molar-refractivity contribution in [2.75, 3.05) is 13.1 Å². The highest BCUT2D eigenvalue weighted by atomic mass is 15.6. The highest BCUT2D eigenvalue weighted by Crippen LogP contribution is 2.31. The van der Waals surface area contributed by atoms with Crippen LogP contribution in [-0.4, -0.2) is 48.2 Å². The lowest BCUT2D eigenvalue weighted by Crippen LogP contribution is -2.34. The molecule has 1 aliphatic heterocycles. The average molecular weight is 351 g/mol. The predicted octanol–water partition coefficient (Wildman–Crippen LogP) is 3.04. The third kappa shape index (κ3) is 3.00. The first-order valence-electron chi connectivity index (χ1n) is 9.80. The number of hydrogen-bond acceptors (Lipinski definition) is 5. The summed E-state index contributed by atoms with van der Waals surface area (Å²) in [6.45, 7) is 2.99. The Hall–Kier alpha value is -2.28. The molecule has 7 heteroatoms. The summed E-state index contributed by atoms with van der Waals surface area (Å²) < 4.78 is 2.08. The van der Waals surface area contributed by atoms with E-state index >= 15 is 0 Å². The lowest BCUT2D eigenvalue weighted by Gasteiger charge is -2.30. The first-order valence-corrected chi connectivity index (χ1v) is 9.80. The van der Waals surface area contributed by atoms with Crippen LogP contribution in [0.5, 0.6) is 0 Å². The van der Waals surface area contributed by atoms with E-state index in [9.17, 15) is 0 Å². The Morgan fingerprint density at radius 2 is 1.85 bits per heavy atom. The maximum Gasteiger partial charge on any atom is 0.165 e. The summed E-state index contributed by atoms with van der Waals surface area (Å²) in [7, 11) is 0. The van der Waals surface area contributed by atoms with E-state index in [0.29, 0.717) is 12.0 Å². The quantitative estimate of drug-likeness (QED) is 0.782. The fraction of sp³-hybridized carbons (Fsp3) is 0.579. The zero-order valence-electron chi connectivity index (χ0n) is 15.0. The van der Waals surface area contributed by atoms with Crippen molar-refractivity contribution in [3.05, 3.63) is 35.9 Å². The van der Waals surface area contributed by atoms with Gasteiger partial charge in [0.1, 0.15) is 5.82 Å². The van der Waals surface area contributed by atoms with E-state index in [0.717, 1.165) is 55.2 Å². The number of nitrogens with one attached hydrogen (secondary N) is 1. The summed E-state index contributed by atoms with van der Waals surface area (Å²) in [6, 6.07) is 8.79. The number of likely N-dealkylation sites (tertiary alicyclic amines) is 1. The van der Waals surface area contributed by atoms with Crippen molar-refractivity contribution < 1.29 is 0 Å². The molecule has 2 aliphatic rings. The normalized spacial score (nSPS) is 20.3. The third-order valence-corrected chi connectivity index (χ3v) is 5.98. The predicted molar refractivity (Wildman–Crippen MR) is 98.7 cm³/mol. The Labute approximate surface area is 152 Å². The number of imidazole rings is 1. The number of aromatic amines is 1. The highest BCUT2D eigenvalue weighted by Gasteiger charge is 2.26. The molecule has 0 atom stereocenters. The molecule has 26 heavy (non-hydrogen) atoms. The SMILES string of the molecule is c1ccc2[nH]c(C3CCN(Cc4nnnn4C4CCCC4)CC3)nc2c1. The van der Waals surface area contributed by atoms with Gasteiger partial charge in [0.25, 0.3) is 0 Å². The molecule has 1 saturated carbocycles. The molecule has 136 valence electrons. The number of para-hydroxylation sites is 2. The first-order chi connectivity index (χ1) is 12.9. The van der Waals surface area contributed by atoms with Crippen molar-refractivity contribution in [3.8, 4) is 0 Å². The van der Waals surface area contributed by atoms with Gasteiger partial charge < -0.3 is 4.98 Å². The highest BCUT2D eigenvalue weighted by molar-refractivity contribution is 5.74. The first kappa shape index (κ1) is 15.9. The average Bonchev–Trinajstić information content (AvgIpc) is 3.42. The molecule has 7 nitrogen and oxygen atoms in total. The van der Waals surface area contributed by atoms with Crippen molar-refractivity contribution in [1.29, 1.82) is 0 Å². The molecular formula is C19H25N7. The number of benzene rings is 1. The topological polar surface area (TPSA) is 75.5 Å². The van der Waals surface area contributed by atoms with Crippen molar-refractivity contribution >= 4 is 11.0 Å². The monoisotopic (exact) mass is 351 g/mol. The molecule has 0 amide bonds. The van der Waals surface area contributed by atoms with Gasteiger partial charge in [0.2, 0.25) is 0 Å². The molecule has 1 N–H and O–H groups in total. The lowest BCUT2D eigenvalue weighted by molar-refractivity contribution is 0.192. The summed E-state index contributed by atoms with van der Waals surface area (Å²) >= 11 is 0. The van der Waals surface area contributed by atoms with Crippen LogP contribution in [0.15, 0.2) is 24.3 Å². The van der Waals surface area contributed by atoms with Gasteiger partial charge in [-0.3, -0.25) is 4.90 Å². The van der Waals surface area contributed by atoms with Crippen LogP contribution in [0.4, 0.5) is 0 Å². The van der Waals surface area contributed by atoms with Crippen LogP contribution >= 0.6 is 0 Å². The van der Waals surface area contributed by atoms with Crippen molar-refractivity contribution in [2.45, 2.75) is 57.0 Å². The Balaban J connectivity index is 1.23. The second-order valence-corrected chi connectivity index (χ2v) is 7.67. The van der Waals surface area contributed by atoms with Crippen molar-refractivity contribution in [3.63, 3.8) is 0 Å². The number of piperidine rings is 1. The summed E-state index contributed by atoms with van der Waals surface area (Å²) in [5.74, 6) is 2.69. The van der Waals surface area contributed by atoms with Gasteiger partial charge in [-0.2, -0.15) is 0 Å². The Kier molecular flexibility index (Phi) is 4.16. The van der Waals surface area contributed by atoms with Gasteiger partial charge >= 0.3 is 0 Å². The van der Waals surface area contributed by atoms with E-state index in [1.165, 1.54) is 25.7 Å². The van der Waals surface area contributed by atoms with E-state index in [2.05, 4.69) is 48.3 Å². The Morgan fingerprint density at radius 1 is 1.04 bits per heavy atom. The van der Waals surface area contributed by atoms with Crippen LogP contribution in [0.25, 0.3) is 11.0 Å². The van der Waals surface area contributed by atoms with Gasteiger partial charge in [0.05, 0.1) is 23.6 Å². The molecule has 0 bridgehead atoms. The Bertz CT molecular complexity index is 836. The second-order valence-electron chi connectivity index (χ2n) is 7.67. The van der Waals surface area contributed by atoms with Crippen LogP contribution in [0.3, 0.4) is 0 Å². The van der Waals surface area contributed by atoms with E-state index in [1.54, 1.807) is 0 Å². The number of hydrogen-bond donors (Lipinski definition) is 1. The van der Waals surface area contributed by atoms with Gasteiger partial charge in [0, 0.05) is 5.92 Å². The molecule has 0 radical (unpaired) electrons. The summed E-state index contributed by atoms with van der Waals surface area (Å²) in [5.41, 5.74) is 2.21. The fourth-order valence-electron chi connectivity index (χ4n) is 4.48. The molecule has 1 saturated heterocycles. The van der Waals surface area contributed by atoms with Crippen LogP contribution < -0.4 is 0 Å². The van der Waals surface area contributed by atoms with E-state index < -0.39 is 0 Å². The molecule has 0 unspecified atom stereocenters. The lowest BCUT2D eigenvalue weighted by atomic mass is 9.96. The molecule has 2 aromatic heterocycles. The van der Waals surface area contributed by atoms with Crippen LogP contribution in [-0.2, 0) is 6.54 Å². The van der Waals surface area contributed by atoms with Gasteiger partial charge in [0.15, 0.2) is 5.82 Å². The van der Waals surface area contributed by atoms with Crippen LogP contribution in [0, 0.1) is 0 Å². The standard InChI is InChI=1S/C19H25N7/c1-2-6-15(5-1)26-18(22-23-24-26)13-25-11-9-14(10-12-25)19-20-16-7-3-4-8-17(16)21-19/h3-4,7-8,14-15H,1-2,5-6,9-13H2,(H,20,21). The van der Waals surface area contributed by atoms with E-state index in [4.69, 9.17) is 4.98 Å². The van der Waals surface area contributed by atoms with E-state index in [1.807, 2.05) is 6.07 Å². The molecule has 1 aliphatic carbocycles. The minimum absolute atomic E-state index is 0.507. The number of tetrazole rings is 1. The summed E-state index contributed by atoms with van der Waals surface area (Å²) in [4.78, 5) is 10.8.